The van der Waals surface area contributed by atoms with Crippen LogP contribution in [0.3, 0.4) is 0 Å². The summed E-state index contributed by atoms with van der Waals surface area (Å²) in [7, 11) is 0. The number of carbonyl (C=O) groups is 1. The number of pyridine rings is 1. The molecule has 2 aromatic heterocycles. The minimum atomic E-state index is -0.116. The lowest BCUT2D eigenvalue weighted by Gasteiger charge is -2.05. The molecule has 1 aromatic carbocycles. The van der Waals surface area contributed by atoms with Gasteiger partial charge in [0.1, 0.15) is 5.65 Å². The molecule has 1 N–H and O–H groups in total. The number of hydrogen-bond donors (Lipinski definition) is 1. The molecule has 4 nitrogen and oxygen atoms in total. The molecule has 88 valence electrons. The van der Waals surface area contributed by atoms with Crippen molar-refractivity contribution in [3.63, 3.8) is 0 Å². The highest BCUT2D eigenvalue weighted by Crippen LogP contribution is 2.11. The number of imidazole rings is 1. The first-order valence-electron chi connectivity index (χ1n) is 5.62. The van der Waals surface area contributed by atoms with E-state index in [9.17, 15) is 4.79 Å². The smallest absolute Gasteiger partial charge is 0.255 e. The van der Waals surface area contributed by atoms with E-state index in [2.05, 4.69) is 10.3 Å². The summed E-state index contributed by atoms with van der Waals surface area (Å²) < 4.78 is 1.86. The molecule has 0 aliphatic rings. The van der Waals surface area contributed by atoms with Crippen molar-refractivity contribution in [1.29, 1.82) is 0 Å². The Hall–Kier alpha value is -2.62. The monoisotopic (exact) mass is 237 g/mol. The molecule has 0 fully saturated rings. The Bertz CT molecular complexity index is 688. The minimum absolute atomic E-state index is 0.116. The number of aromatic nitrogens is 2. The first-order valence-corrected chi connectivity index (χ1v) is 5.62. The van der Waals surface area contributed by atoms with Gasteiger partial charge in [0, 0.05) is 24.2 Å². The zero-order chi connectivity index (χ0) is 12.4. The van der Waals surface area contributed by atoms with E-state index in [0.29, 0.717) is 5.56 Å². The zero-order valence-corrected chi connectivity index (χ0v) is 9.58. The Labute approximate surface area is 104 Å². The van der Waals surface area contributed by atoms with Crippen molar-refractivity contribution in [2.45, 2.75) is 0 Å². The fraction of sp³-hybridized carbons (Fsp3) is 0. The maximum absolute atomic E-state index is 12.0. The molecule has 1 amide bonds. The minimum Gasteiger partial charge on any atom is -0.321 e. The van der Waals surface area contributed by atoms with Crippen molar-refractivity contribution in [2.75, 3.05) is 5.32 Å². The quantitative estimate of drug-likeness (QED) is 0.744. The third-order valence-corrected chi connectivity index (χ3v) is 2.68. The number of rotatable bonds is 2. The van der Waals surface area contributed by atoms with Crippen LogP contribution in [0.2, 0.25) is 0 Å². The number of anilines is 1. The summed E-state index contributed by atoms with van der Waals surface area (Å²) in [4.78, 5) is 16.1. The topological polar surface area (TPSA) is 46.4 Å². The molecule has 0 bridgehead atoms. The van der Waals surface area contributed by atoms with Gasteiger partial charge in [0.15, 0.2) is 0 Å². The van der Waals surface area contributed by atoms with E-state index in [1.165, 1.54) is 0 Å². The molecule has 2 heterocycles. The van der Waals surface area contributed by atoms with Crippen molar-refractivity contribution in [2.24, 2.45) is 0 Å². The lowest BCUT2D eigenvalue weighted by Crippen LogP contribution is -2.11. The standard InChI is InChI=1S/C14H11N3O/c18-14(11-4-2-1-3-5-11)16-12-6-7-13-15-8-9-17(13)10-12/h1-10H,(H,16,18). The van der Waals surface area contributed by atoms with Gasteiger partial charge in [-0.25, -0.2) is 4.98 Å². The largest absolute Gasteiger partial charge is 0.321 e. The molecule has 0 aliphatic carbocycles. The summed E-state index contributed by atoms with van der Waals surface area (Å²) in [6.07, 6.45) is 5.40. The Morgan fingerprint density at radius 1 is 1.11 bits per heavy atom. The molecule has 18 heavy (non-hydrogen) atoms. The van der Waals surface area contributed by atoms with Crippen LogP contribution in [0.15, 0.2) is 61.1 Å². The first kappa shape index (κ1) is 10.5. The lowest BCUT2D eigenvalue weighted by molar-refractivity contribution is 0.102. The molecule has 4 heteroatoms. The van der Waals surface area contributed by atoms with Gasteiger partial charge < -0.3 is 9.72 Å². The Morgan fingerprint density at radius 3 is 2.78 bits per heavy atom. The summed E-state index contributed by atoms with van der Waals surface area (Å²) in [6.45, 7) is 0. The molecule has 3 aromatic rings. The van der Waals surface area contributed by atoms with Gasteiger partial charge in [-0.3, -0.25) is 4.79 Å². The van der Waals surface area contributed by atoms with E-state index in [0.717, 1.165) is 11.3 Å². The third-order valence-electron chi connectivity index (χ3n) is 2.68. The summed E-state index contributed by atoms with van der Waals surface area (Å²) in [6, 6.07) is 12.8. The molecular formula is C14H11N3O. The van der Waals surface area contributed by atoms with E-state index in [1.54, 1.807) is 18.3 Å². The average Bonchev–Trinajstić information content (AvgIpc) is 2.87. The van der Waals surface area contributed by atoms with Crippen molar-refractivity contribution in [3.05, 3.63) is 66.6 Å². The first-order chi connectivity index (χ1) is 8.83. The highest BCUT2D eigenvalue weighted by molar-refractivity contribution is 6.04. The Morgan fingerprint density at radius 2 is 1.94 bits per heavy atom. The highest BCUT2D eigenvalue weighted by Gasteiger charge is 2.05. The second kappa shape index (κ2) is 4.33. The number of nitrogens with zero attached hydrogens (tertiary/aromatic N) is 2. The van der Waals surface area contributed by atoms with E-state index in [1.807, 2.05) is 47.1 Å². The SMILES string of the molecule is O=C(Nc1ccc2nccn2c1)c1ccccc1. The van der Waals surface area contributed by atoms with Crippen LogP contribution in [0.25, 0.3) is 5.65 Å². The predicted octanol–water partition coefficient (Wildman–Crippen LogP) is 2.59. The number of amides is 1. The van der Waals surface area contributed by atoms with Crippen molar-refractivity contribution < 1.29 is 4.79 Å². The molecule has 0 unspecified atom stereocenters. The van der Waals surface area contributed by atoms with Gasteiger partial charge in [0.05, 0.1) is 5.69 Å². The normalized spacial score (nSPS) is 10.4. The molecular weight excluding hydrogens is 226 g/mol. The van der Waals surface area contributed by atoms with Gasteiger partial charge in [-0.2, -0.15) is 0 Å². The van der Waals surface area contributed by atoms with Crippen LogP contribution in [-0.4, -0.2) is 15.3 Å². The van der Waals surface area contributed by atoms with Gasteiger partial charge in [0.25, 0.3) is 5.91 Å². The second-order valence-electron chi connectivity index (χ2n) is 3.93. The van der Waals surface area contributed by atoms with Crippen LogP contribution in [0.1, 0.15) is 10.4 Å². The van der Waals surface area contributed by atoms with Gasteiger partial charge in [-0.1, -0.05) is 18.2 Å². The van der Waals surface area contributed by atoms with Gasteiger partial charge >= 0.3 is 0 Å². The summed E-state index contributed by atoms with van der Waals surface area (Å²) >= 11 is 0. The van der Waals surface area contributed by atoms with Crippen LogP contribution in [0.5, 0.6) is 0 Å². The molecule has 0 saturated heterocycles. The summed E-state index contributed by atoms with van der Waals surface area (Å²) in [5.41, 5.74) is 2.24. The van der Waals surface area contributed by atoms with E-state index >= 15 is 0 Å². The van der Waals surface area contributed by atoms with Gasteiger partial charge in [-0.15, -0.1) is 0 Å². The van der Waals surface area contributed by atoms with Gasteiger partial charge in [0.2, 0.25) is 0 Å². The summed E-state index contributed by atoms with van der Waals surface area (Å²) in [5.74, 6) is -0.116. The number of nitrogens with one attached hydrogen (secondary N) is 1. The number of hydrogen-bond acceptors (Lipinski definition) is 2. The maximum Gasteiger partial charge on any atom is 0.255 e. The van der Waals surface area contributed by atoms with Crippen molar-refractivity contribution in [3.8, 4) is 0 Å². The lowest BCUT2D eigenvalue weighted by atomic mass is 10.2. The fourth-order valence-electron chi connectivity index (χ4n) is 1.79. The van der Waals surface area contributed by atoms with Gasteiger partial charge in [-0.05, 0) is 24.3 Å². The Kier molecular flexibility index (Phi) is 2.53. The third kappa shape index (κ3) is 1.96. The molecule has 0 aliphatic heterocycles. The number of fused-ring (bicyclic) bond motifs is 1. The van der Waals surface area contributed by atoms with E-state index in [4.69, 9.17) is 0 Å². The van der Waals surface area contributed by atoms with Crippen molar-refractivity contribution in [1.82, 2.24) is 9.38 Å². The maximum atomic E-state index is 12.0. The number of benzene rings is 1. The molecule has 0 radical (unpaired) electrons. The van der Waals surface area contributed by atoms with Crippen LogP contribution in [0.4, 0.5) is 5.69 Å². The molecule has 3 rings (SSSR count). The second-order valence-corrected chi connectivity index (χ2v) is 3.93. The summed E-state index contributed by atoms with van der Waals surface area (Å²) in [5, 5.41) is 2.85. The van der Waals surface area contributed by atoms with Crippen LogP contribution < -0.4 is 5.32 Å². The molecule has 0 atom stereocenters. The van der Waals surface area contributed by atoms with Crippen LogP contribution >= 0.6 is 0 Å². The van der Waals surface area contributed by atoms with Crippen molar-refractivity contribution >= 4 is 17.2 Å². The fourth-order valence-corrected chi connectivity index (χ4v) is 1.79. The van der Waals surface area contributed by atoms with E-state index in [-0.39, 0.29) is 5.91 Å². The van der Waals surface area contributed by atoms with E-state index < -0.39 is 0 Å². The predicted molar refractivity (Wildman–Crippen MR) is 69.6 cm³/mol. The zero-order valence-electron chi connectivity index (χ0n) is 9.58. The number of carbonyl (C=O) groups excluding carboxylic acids is 1. The van der Waals surface area contributed by atoms with Crippen LogP contribution in [-0.2, 0) is 0 Å². The highest BCUT2D eigenvalue weighted by atomic mass is 16.1. The Balaban J connectivity index is 1.86. The van der Waals surface area contributed by atoms with Crippen LogP contribution in [0, 0.1) is 0 Å². The average molecular weight is 237 g/mol. The molecule has 0 saturated carbocycles. The molecule has 0 spiro atoms.